The van der Waals surface area contributed by atoms with Crippen molar-refractivity contribution in [2.24, 2.45) is 0 Å². The van der Waals surface area contributed by atoms with Crippen molar-refractivity contribution in [2.45, 2.75) is 25.3 Å². The number of nitrogens with one attached hydrogen (secondary N) is 1. The Bertz CT molecular complexity index is 797. The smallest absolute Gasteiger partial charge is 0.329 e. The molecule has 1 aliphatic heterocycles. The number of hydrogen-bond acceptors (Lipinski definition) is 5. The molecule has 1 amide bonds. The van der Waals surface area contributed by atoms with Gasteiger partial charge >= 0.3 is 5.97 Å². The van der Waals surface area contributed by atoms with Crippen LogP contribution in [-0.2, 0) is 9.53 Å². The fourth-order valence-corrected chi connectivity index (χ4v) is 2.70. The summed E-state index contributed by atoms with van der Waals surface area (Å²) in [5, 5.41) is 16.1. The van der Waals surface area contributed by atoms with Crippen LogP contribution in [-0.4, -0.2) is 50.5 Å². The number of rotatable bonds is 4. The molecule has 0 radical (unpaired) electrons. The molecule has 9 heteroatoms. The van der Waals surface area contributed by atoms with Gasteiger partial charge in [0.05, 0.1) is 5.69 Å². The van der Waals surface area contributed by atoms with Gasteiger partial charge in [0.15, 0.2) is 0 Å². The highest BCUT2D eigenvalue weighted by Crippen LogP contribution is 2.21. The molecule has 1 fully saturated rings. The molecule has 0 bridgehead atoms. The van der Waals surface area contributed by atoms with Gasteiger partial charge in [-0.1, -0.05) is 0 Å². The fourth-order valence-electron chi connectivity index (χ4n) is 2.70. The summed E-state index contributed by atoms with van der Waals surface area (Å²) in [6.07, 6.45) is 0.345. The molecule has 1 aromatic heterocycles. The highest BCUT2D eigenvalue weighted by Gasteiger charge is 2.42. The lowest BCUT2D eigenvalue weighted by molar-refractivity contribution is -0.148. The van der Waals surface area contributed by atoms with E-state index < -0.39 is 17.4 Å². The van der Waals surface area contributed by atoms with Crippen LogP contribution >= 0.6 is 0 Å². The number of benzene rings is 1. The first-order chi connectivity index (χ1) is 11.9. The number of halogens is 1. The molecule has 3 rings (SSSR count). The van der Waals surface area contributed by atoms with Gasteiger partial charge in [0.2, 0.25) is 5.82 Å². The molecule has 0 aliphatic carbocycles. The highest BCUT2D eigenvalue weighted by molar-refractivity contribution is 5.95. The van der Waals surface area contributed by atoms with E-state index in [0.717, 1.165) is 0 Å². The van der Waals surface area contributed by atoms with Crippen LogP contribution in [0.4, 0.5) is 4.39 Å². The van der Waals surface area contributed by atoms with E-state index in [2.05, 4.69) is 15.4 Å². The highest BCUT2D eigenvalue weighted by atomic mass is 19.1. The van der Waals surface area contributed by atoms with E-state index in [9.17, 15) is 19.1 Å². The zero-order valence-electron chi connectivity index (χ0n) is 13.5. The van der Waals surface area contributed by atoms with Gasteiger partial charge in [-0.05, 0) is 31.2 Å². The third-order valence-electron chi connectivity index (χ3n) is 4.15. The SMILES string of the molecule is Cc1nc(C(=O)NC2(C(=O)O)CCOCC2)nn1-c1ccc(F)cc1. The molecule has 0 atom stereocenters. The molecular weight excluding hydrogens is 331 g/mol. The number of carboxylic acids is 1. The lowest BCUT2D eigenvalue weighted by atomic mass is 9.90. The number of ether oxygens (including phenoxy) is 1. The predicted molar refractivity (Wildman–Crippen MR) is 83.9 cm³/mol. The Balaban J connectivity index is 1.84. The number of hydrogen-bond donors (Lipinski definition) is 2. The number of carbonyl (C=O) groups is 2. The second kappa shape index (κ2) is 6.60. The predicted octanol–water partition coefficient (Wildman–Crippen LogP) is 1.08. The summed E-state index contributed by atoms with van der Waals surface area (Å²) in [5.41, 5.74) is -0.839. The Morgan fingerprint density at radius 3 is 2.52 bits per heavy atom. The van der Waals surface area contributed by atoms with Crippen LogP contribution in [0.25, 0.3) is 5.69 Å². The molecule has 0 unspecified atom stereocenters. The largest absolute Gasteiger partial charge is 0.480 e. The summed E-state index contributed by atoms with van der Waals surface area (Å²) >= 11 is 0. The van der Waals surface area contributed by atoms with Gasteiger partial charge < -0.3 is 15.2 Å². The van der Waals surface area contributed by atoms with Crippen LogP contribution < -0.4 is 5.32 Å². The second-order valence-electron chi connectivity index (χ2n) is 5.82. The van der Waals surface area contributed by atoms with Crippen molar-refractivity contribution in [2.75, 3.05) is 13.2 Å². The van der Waals surface area contributed by atoms with Gasteiger partial charge in [0.25, 0.3) is 5.91 Å². The molecule has 25 heavy (non-hydrogen) atoms. The number of carbonyl (C=O) groups excluding carboxylic acids is 1. The van der Waals surface area contributed by atoms with Crippen LogP contribution in [0.15, 0.2) is 24.3 Å². The zero-order valence-corrected chi connectivity index (χ0v) is 13.5. The van der Waals surface area contributed by atoms with Crippen LogP contribution in [0.5, 0.6) is 0 Å². The normalized spacial score (nSPS) is 16.4. The van der Waals surface area contributed by atoms with Crippen molar-refractivity contribution < 1.29 is 23.8 Å². The summed E-state index contributed by atoms with van der Waals surface area (Å²) in [6.45, 7) is 2.15. The topological polar surface area (TPSA) is 106 Å². The van der Waals surface area contributed by atoms with Crippen molar-refractivity contribution in [3.05, 3.63) is 41.7 Å². The van der Waals surface area contributed by atoms with Gasteiger partial charge in [-0.15, -0.1) is 5.10 Å². The lowest BCUT2D eigenvalue weighted by Gasteiger charge is -2.33. The van der Waals surface area contributed by atoms with Gasteiger partial charge in [-0.3, -0.25) is 4.79 Å². The van der Waals surface area contributed by atoms with Gasteiger partial charge in [-0.2, -0.15) is 0 Å². The Morgan fingerprint density at radius 1 is 1.28 bits per heavy atom. The average molecular weight is 348 g/mol. The van der Waals surface area contributed by atoms with Crippen LogP contribution in [0.1, 0.15) is 29.3 Å². The summed E-state index contributed by atoms with van der Waals surface area (Å²) in [4.78, 5) is 28.2. The van der Waals surface area contributed by atoms with Crippen molar-refractivity contribution in [1.29, 1.82) is 0 Å². The maximum atomic E-state index is 13.0. The van der Waals surface area contributed by atoms with E-state index in [4.69, 9.17) is 4.74 Å². The number of aromatic nitrogens is 3. The molecule has 2 heterocycles. The van der Waals surface area contributed by atoms with Crippen molar-refractivity contribution in [3.8, 4) is 5.69 Å². The molecule has 1 aliphatic rings. The van der Waals surface area contributed by atoms with Crippen molar-refractivity contribution in [3.63, 3.8) is 0 Å². The minimum atomic E-state index is -1.38. The van der Waals surface area contributed by atoms with E-state index in [-0.39, 0.29) is 37.7 Å². The quantitative estimate of drug-likeness (QED) is 0.856. The minimum absolute atomic E-state index is 0.144. The molecule has 2 N–H and O–H groups in total. The molecule has 8 nitrogen and oxygen atoms in total. The number of carboxylic acid groups (broad SMARTS) is 1. The van der Waals surface area contributed by atoms with E-state index in [1.165, 1.54) is 28.9 Å². The number of aliphatic carboxylic acids is 1. The number of aryl methyl sites for hydroxylation is 1. The monoisotopic (exact) mass is 348 g/mol. The molecule has 0 spiro atoms. The van der Waals surface area contributed by atoms with Crippen molar-refractivity contribution >= 4 is 11.9 Å². The maximum Gasteiger partial charge on any atom is 0.329 e. The molecular formula is C16H17FN4O4. The van der Waals surface area contributed by atoms with Crippen LogP contribution in [0.2, 0.25) is 0 Å². The first-order valence-corrected chi connectivity index (χ1v) is 7.74. The molecule has 1 aromatic carbocycles. The third kappa shape index (κ3) is 3.36. The first-order valence-electron chi connectivity index (χ1n) is 7.74. The summed E-state index contributed by atoms with van der Waals surface area (Å²) in [5.74, 6) is -1.89. The Morgan fingerprint density at radius 2 is 1.92 bits per heavy atom. The van der Waals surface area contributed by atoms with E-state index in [1.54, 1.807) is 6.92 Å². The first kappa shape index (κ1) is 17.0. The summed E-state index contributed by atoms with van der Waals surface area (Å²) in [7, 11) is 0. The maximum absolute atomic E-state index is 13.0. The summed E-state index contributed by atoms with van der Waals surface area (Å²) < 4.78 is 19.6. The number of nitrogens with zero attached hydrogens (tertiary/aromatic N) is 3. The molecule has 1 saturated heterocycles. The van der Waals surface area contributed by atoms with Gasteiger partial charge in [-0.25, -0.2) is 18.9 Å². The van der Waals surface area contributed by atoms with Crippen LogP contribution in [0.3, 0.4) is 0 Å². The second-order valence-corrected chi connectivity index (χ2v) is 5.82. The molecule has 132 valence electrons. The minimum Gasteiger partial charge on any atom is -0.480 e. The zero-order chi connectivity index (χ0) is 18.0. The summed E-state index contributed by atoms with van der Waals surface area (Å²) in [6, 6.07) is 5.57. The average Bonchev–Trinajstić information content (AvgIpc) is 2.98. The Kier molecular flexibility index (Phi) is 4.49. The standard InChI is InChI=1S/C16H17FN4O4/c1-10-18-13(20-21(10)12-4-2-11(17)3-5-12)14(22)19-16(15(23)24)6-8-25-9-7-16/h2-5H,6-9H2,1H3,(H,19,22)(H,23,24). The van der Waals surface area contributed by atoms with Crippen molar-refractivity contribution in [1.82, 2.24) is 20.1 Å². The Labute approximate surface area is 142 Å². The Hall–Kier alpha value is -2.81. The van der Waals surface area contributed by atoms with E-state index in [0.29, 0.717) is 11.5 Å². The van der Waals surface area contributed by atoms with Crippen LogP contribution in [0, 0.1) is 12.7 Å². The van der Waals surface area contributed by atoms with Gasteiger partial charge in [0.1, 0.15) is 17.2 Å². The molecule has 2 aromatic rings. The van der Waals surface area contributed by atoms with E-state index in [1.807, 2.05) is 0 Å². The third-order valence-corrected chi connectivity index (χ3v) is 4.15. The number of amides is 1. The lowest BCUT2D eigenvalue weighted by Crippen LogP contribution is -2.57. The van der Waals surface area contributed by atoms with Gasteiger partial charge in [0, 0.05) is 26.1 Å². The fraction of sp³-hybridized carbons (Fsp3) is 0.375. The van der Waals surface area contributed by atoms with E-state index >= 15 is 0 Å². The molecule has 0 saturated carbocycles.